The number of halogens is 1. The van der Waals surface area contributed by atoms with Crippen LogP contribution < -0.4 is 0 Å². The summed E-state index contributed by atoms with van der Waals surface area (Å²) < 4.78 is 6.63. The summed E-state index contributed by atoms with van der Waals surface area (Å²) >= 11 is 2.32. The maximum Gasteiger partial charge on any atom is 0.410 e. The summed E-state index contributed by atoms with van der Waals surface area (Å²) in [5.74, 6) is 0. The number of amides is 1. The Morgan fingerprint density at radius 1 is 1.48 bits per heavy atom. The zero-order valence-electron chi connectivity index (χ0n) is 12.4. The van der Waals surface area contributed by atoms with Crippen molar-refractivity contribution in [3.63, 3.8) is 0 Å². The number of carbonyl (C=O) groups is 1. The molecule has 1 aliphatic heterocycles. The van der Waals surface area contributed by atoms with Crippen molar-refractivity contribution in [2.75, 3.05) is 6.54 Å². The van der Waals surface area contributed by atoms with Crippen molar-refractivity contribution in [3.8, 4) is 0 Å². The summed E-state index contributed by atoms with van der Waals surface area (Å²) in [7, 11) is 0. The van der Waals surface area contributed by atoms with Crippen LogP contribution in [-0.2, 0) is 17.7 Å². The number of aromatic nitrogens is 2. The summed E-state index contributed by atoms with van der Waals surface area (Å²) in [6, 6.07) is 0. The Balaban J connectivity index is 1.88. The van der Waals surface area contributed by atoms with E-state index in [2.05, 4.69) is 32.6 Å². The molecule has 0 radical (unpaired) electrons. The Hall–Kier alpha value is -1.31. The molecule has 0 aromatic carbocycles. The maximum atomic E-state index is 12.2. The number of ether oxygens (including phenoxy) is 1. The lowest BCUT2D eigenvalue weighted by Crippen LogP contribution is -2.40. The molecule has 0 aliphatic carbocycles. The molecule has 0 saturated heterocycles. The predicted molar refractivity (Wildman–Crippen MR) is 89.2 cm³/mol. The molecule has 3 rings (SSSR count). The van der Waals surface area contributed by atoms with Crippen molar-refractivity contribution in [1.82, 2.24) is 14.9 Å². The topological polar surface area (TPSA) is 58.2 Å². The van der Waals surface area contributed by atoms with Gasteiger partial charge in [0.2, 0.25) is 0 Å². The number of nitrogens with one attached hydrogen (secondary N) is 1. The lowest BCUT2D eigenvalue weighted by Gasteiger charge is -2.31. The second-order valence-electron chi connectivity index (χ2n) is 6.27. The molecule has 3 heterocycles. The standard InChI is InChI=1S/C15H18IN3O2/c1-15(2,3)21-14(20)19-5-4-10-9(8-19)6-17-13-12(10)11(16)7-18-13/h6-7H,4-5,8H2,1-3H3,(H,17,18). The Morgan fingerprint density at radius 3 is 2.95 bits per heavy atom. The van der Waals surface area contributed by atoms with E-state index in [0.717, 1.165) is 17.6 Å². The number of pyridine rings is 1. The highest BCUT2D eigenvalue weighted by atomic mass is 127. The van der Waals surface area contributed by atoms with Crippen LogP contribution in [0.25, 0.3) is 11.0 Å². The van der Waals surface area contributed by atoms with Crippen LogP contribution in [0.1, 0.15) is 31.9 Å². The van der Waals surface area contributed by atoms with Gasteiger partial charge in [0.05, 0.1) is 6.54 Å². The predicted octanol–water partition coefficient (Wildman–Crippen LogP) is 3.46. The van der Waals surface area contributed by atoms with Crippen molar-refractivity contribution in [2.45, 2.75) is 39.3 Å². The highest BCUT2D eigenvalue weighted by Gasteiger charge is 2.27. The van der Waals surface area contributed by atoms with Gasteiger partial charge >= 0.3 is 6.09 Å². The highest BCUT2D eigenvalue weighted by molar-refractivity contribution is 14.1. The zero-order valence-corrected chi connectivity index (χ0v) is 14.5. The zero-order chi connectivity index (χ0) is 15.2. The van der Waals surface area contributed by atoms with Crippen molar-refractivity contribution in [2.24, 2.45) is 0 Å². The van der Waals surface area contributed by atoms with Crippen LogP contribution in [0.15, 0.2) is 12.4 Å². The van der Waals surface area contributed by atoms with Gasteiger partial charge in [-0.3, -0.25) is 0 Å². The average molecular weight is 399 g/mol. The molecule has 6 heteroatoms. The smallest absolute Gasteiger partial charge is 0.410 e. The normalized spacial score (nSPS) is 15.1. The van der Waals surface area contributed by atoms with Gasteiger partial charge in [-0.2, -0.15) is 0 Å². The van der Waals surface area contributed by atoms with Crippen LogP contribution in [0.3, 0.4) is 0 Å². The number of carbonyl (C=O) groups excluding carboxylic acids is 1. The molecule has 0 fully saturated rings. The summed E-state index contributed by atoms with van der Waals surface area (Å²) in [6.45, 7) is 6.90. The van der Waals surface area contributed by atoms with E-state index in [4.69, 9.17) is 4.74 Å². The minimum atomic E-state index is -0.463. The number of hydrogen-bond acceptors (Lipinski definition) is 3. The van der Waals surface area contributed by atoms with Gasteiger partial charge in [0.15, 0.2) is 0 Å². The molecule has 0 atom stereocenters. The molecule has 1 amide bonds. The number of aromatic amines is 1. The van der Waals surface area contributed by atoms with Crippen LogP contribution in [0.2, 0.25) is 0 Å². The Labute approximate surface area is 137 Å². The second kappa shape index (κ2) is 5.15. The fourth-order valence-corrected chi connectivity index (χ4v) is 3.33. The summed E-state index contributed by atoms with van der Waals surface area (Å²) in [4.78, 5) is 21.6. The fourth-order valence-electron chi connectivity index (χ4n) is 2.59. The second-order valence-corrected chi connectivity index (χ2v) is 7.44. The van der Waals surface area contributed by atoms with Gasteiger partial charge < -0.3 is 14.6 Å². The quantitative estimate of drug-likeness (QED) is 0.691. The third-order valence-corrected chi connectivity index (χ3v) is 4.35. The van der Waals surface area contributed by atoms with E-state index in [1.165, 1.54) is 14.5 Å². The monoisotopic (exact) mass is 399 g/mol. The molecule has 5 nitrogen and oxygen atoms in total. The van der Waals surface area contributed by atoms with Crippen LogP contribution >= 0.6 is 22.6 Å². The molecule has 0 saturated carbocycles. The molecule has 0 spiro atoms. The summed E-state index contributed by atoms with van der Waals surface area (Å²) in [5.41, 5.74) is 2.86. The third-order valence-electron chi connectivity index (χ3n) is 3.49. The lowest BCUT2D eigenvalue weighted by atomic mass is 9.99. The van der Waals surface area contributed by atoms with Gasteiger partial charge in [-0.15, -0.1) is 0 Å². The summed E-state index contributed by atoms with van der Waals surface area (Å²) in [5, 5.41) is 1.19. The molecule has 0 bridgehead atoms. The van der Waals surface area contributed by atoms with Gasteiger partial charge in [-0.1, -0.05) is 0 Å². The van der Waals surface area contributed by atoms with E-state index in [1.807, 2.05) is 33.2 Å². The molecular weight excluding hydrogens is 381 g/mol. The van der Waals surface area contributed by atoms with Crippen LogP contribution in [0, 0.1) is 3.57 Å². The van der Waals surface area contributed by atoms with Crippen molar-refractivity contribution < 1.29 is 9.53 Å². The first-order valence-corrected chi connectivity index (χ1v) is 8.04. The van der Waals surface area contributed by atoms with Crippen LogP contribution in [0.4, 0.5) is 4.79 Å². The minimum absolute atomic E-state index is 0.253. The van der Waals surface area contributed by atoms with E-state index in [-0.39, 0.29) is 6.09 Å². The number of H-pyrrole nitrogens is 1. The van der Waals surface area contributed by atoms with Crippen LogP contribution in [0.5, 0.6) is 0 Å². The molecule has 2 aromatic rings. The van der Waals surface area contributed by atoms with Crippen LogP contribution in [-0.4, -0.2) is 33.1 Å². The highest BCUT2D eigenvalue weighted by Crippen LogP contribution is 2.29. The van der Waals surface area contributed by atoms with Gasteiger partial charge in [0.25, 0.3) is 0 Å². The lowest BCUT2D eigenvalue weighted by molar-refractivity contribution is 0.0224. The van der Waals surface area contributed by atoms with Crippen molar-refractivity contribution in [3.05, 3.63) is 27.1 Å². The van der Waals surface area contributed by atoms with Gasteiger partial charge in [-0.05, 0) is 60.9 Å². The first-order valence-electron chi connectivity index (χ1n) is 6.96. The fraction of sp³-hybridized carbons (Fsp3) is 0.467. The third kappa shape index (κ3) is 2.86. The summed E-state index contributed by atoms with van der Waals surface area (Å²) in [6.07, 6.45) is 4.41. The number of fused-ring (bicyclic) bond motifs is 3. The molecule has 21 heavy (non-hydrogen) atoms. The van der Waals surface area contributed by atoms with Crippen molar-refractivity contribution >= 4 is 39.7 Å². The molecule has 2 aromatic heterocycles. The first-order chi connectivity index (χ1) is 9.85. The Bertz CT molecular complexity index is 703. The van der Waals surface area contributed by atoms with E-state index >= 15 is 0 Å². The largest absolute Gasteiger partial charge is 0.444 e. The number of hydrogen-bond donors (Lipinski definition) is 1. The van der Waals surface area contributed by atoms with Crippen molar-refractivity contribution in [1.29, 1.82) is 0 Å². The van der Waals surface area contributed by atoms with E-state index < -0.39 is 5.60 Å². The molecule has 1 N–H and O–H groups in total. The molecule has 1 aliphatic rings. The molecule has 112 valence electrons. The Morgan fingerprint density at radius 2 is 2.24 bits per heavy atom. The van der Waals surface area contributed by atoms with E-state index in [9.17, 15) is 4.79 Å². The van der Waals surface area contributed by atoms with Gasteiger partial charge in [0, 0.05) is 27.9 Å². The average Bonchev–Trinajstić information content (AvgIpc) is 2.78. The van der Waals surface area contributed by atoms with Gasteiger partial charge in [-0.25, -0.2) is 9.78 Å². The maximum absolute atomic E-state index is 12.2. The Kier molecular flexibility index (Phi) is 3.59. The SMILES string of the molecule is CC(C)(C)OC(=O)N1CCc2c(cnc3[nH]cc(I)c23)C1. The molecule has 0 unspecified atom stereocenters. The minimum Gasteiger partial charge on any atom is -0.444 e. The van der Waals surface area contributed by atoms with E-state index in [1.54, 1.807) is 4.90 Å². The van der Waals surface area contributed by atoms with Gasteiger partial charge in [0.1, 0.15) is 11.2 Å². The molecular formula is C15H18IN3O2. The first kappa shape index (κ1) is 14.6. The number of nitrogens with zero attached hydrogens (tertiary/aromatic N) is 2. The number of rotatable bonds is 0. The van der Waals surface area contributed by atoms with E-state index in [0.29, 0.717) is 13.1 Å².